The van der Waals surface area contributed by atoms with E-state index in [1.807, 2.05) is 5.06 Å². The molecule has 1 aliphatic rings. The molecule has 1 heterocycles. The predicted molar refractivity (Wildman–Crippen MR) is 27.8 cm³/mol. The van der Waals surface area contributed by atoms with Crippen LogP contribution in [-0.4, -0.2) is 24.3 Å². The summed E-state index contributed by atoms with van der Waals surface area (Å²) in [4.78, 5) is 4.92. The third-order valence-corrected chi connectivity index (χ3v) is 1.62. The Morgan fingerprint density at radius 1 is 1.29 bits per heavy atom. The summed E-state index contributed by atoms with van der Waals surface area (Å²) in [5.74, 6) is 0. The van der Waals surface area contributed by atoms with Crippen molar-refractivity contribution in [2.45, 2.75) is 25.9 Å². The summed E-state index contributed by atoms with van der Waals surface area (Å²) in [7, 11) is 1.71. The fourth-order valence-corrected chi connectivity index (χ4v) is 0.803. The van der Waals surface area contributed by atoms with Crippen LogP contribution in [0, 0.1) is 0 Å². The molecule has 0 radical (unpaired) electrons. The second kappa shape index (κ2) is 1.46. The van der Waals surface area contributed by atoms with Gasteiger partial charge in [0, 0.05) is 0 Å². The zero-order chi connectivity index (χ0) is 5.44. The van der Waals surface area contributed by atoms with Gasteiger partial charge in [0.1, 0.15) is 0 Å². The molecule has 1 fully saturated rings. The quantitative estimate of drug-likeness (QED) is 0.449. The molecule has 1 rings (SSSR count). The lowest BCUT2D eigenvalue weighted by atomic mass is 10.4. The van der Waals surface area contributed by atoms with Crippen LogP contribution in [-0.2, 0) is 4.84 Å². The lowest BCUT2D eigenvalue weighted by Gasteiger charge is -1.91. The topological polar surface area (TPSA) is 12.2 Å². The Labute approximate surface area is 44.0 Å². The van der Waals surface area contributed by atoms with Crippen LogP contribution in [0.15, 0.2) is 0 Å². The van der Waals surface area contributed by atoms with Crippen LogP contribution < -0.4 is 0 Å². The summed E-state index contributed by atoms with van der Waals surface area (Å²) >= 11 is 0. The minimum atomic E-state index is 0.644. The van der Waals surface area contributed by atoms with Crippen LogP contribution in [0.25, 0.3) is 0 Å². The number of hydroxylamine groups is 2. The highest BCUT2D eigenvalue weighted by Crippen LogP contribution is 2.25. The van der Waals surface area contributed by atoms with E-state index in [2.05, 4.69) is 13.8 Å². The maximum Gasteiger partial charge on any atom is 0.0575 e. The number of hydrogen-bond donors (Lipinski definition) is 0. The average Bonchev–Trinajstić information content (AvgIpc) is 2.17. The first kappa shape index (κ1) is 5.06. The Kier molecular flexibility index (Phi) is 1.05. The van der Waals surface area contributed by atoms with Gasteiger partial charge in [0.2, 0.25) is 0 Å². The molecule has 0 aromatic heterocycles. The van der Waals surface area contributed by atoms with Gasteiger partial charge < -0.3 is 4.84 Å². The van der Waals surface area contributed by atoms with Crippen LogP contribution in [0.2, 0.25) is 0 Å². The van der Waals surface area contributed by atoms with E-state index in [9.17, 15) is 0 Å². The molecule has 1 aliphatic heterocycles. The van der Waals surface area contributed by atoms with Gasteiger partial charge in [-0.15, -0.1) is 0 Å². The van der Waals surface area contributed by atoms with Crippen molar-refractivity contribution in [3.8, 4) is 0 Å². The molecule has 0 N–H and O–H groups in total. The zero-order valence-corrected chi connectivity index (χ0v) is 5.01. The molecular formula is C5H11NO. The molecule has 0 aliphatic carbocycles. The van der Waals surface area contributed by atoms with Crippen molar-refractivity contribution in [3.05, 3.63) is 0 Å². The second-order valence-corrected chi connectivity index (χ2v) is 2.02. The van der Waals surface area contributed by atoms with E-state index in [1.165, 1.54) is 0 Å². The first-order valence-electron chi connectivity index (χ1n) is 2.60. The Morgan fingerprint density at radius 2 is 1.71 bits per heavy atom. The van der Waals surface area contributed by atoms with E-state index in [1.54, 1.807) is 7.11 Å². The van der Waals surface area contributed by atoms with E-state index in [0.29, 0.717) is 12.1 Å². The Hall–Kier alpha value is -0.0800. The average molecular weight is 101 g/mol. The molecule has 0 amide bonds. The van der Waals surface area contributed by atoms with E-state index < -0.39 is 0 Å². The Bertz CT molecular complexity index is 66.5. The number of nitrogens with zero attached hydrogens (tertiary/aromatic N) is 1. The van der Waals surface area contributed by atoms with Gasteiger partial charge in [0.25, 0.3) is 0 Å². The lowest BCUT2D eigenvalue weighted by molar-refractivity contribution is -0.0449. The molecule has 0 aromatic carbocycles. The standard InChI is InChI=1S/C5H11NO/c1-4-5(2)6(4)7-3/h4-5H,1-3H3. The number of rotatable bonds is 1. The largest absolute Gasteiger partial charge is 0.302 e. The summed E-state index contributed by atoms with van der Waals surface area (Å²) in [5.41, 5.74) is 0. The molecule has 1 saturated heterocycles. The van der Waals surface area contributed by atoms with Gasteiger partial charge >= 0.3 is 0 Å². The van der Waals surface area contributed by atoms with Crippen molar-refractivity contribution in [1.82, 2.24) is 5.06 Å². The summed E-state index contributed by atoms with van der Waals surface area (Å²) in [6.45, 7) is 4.29. The normalized spacial score (nSPS) is 49.3. The molecule has 2 nitrogen and oxygen atoms in total. The van der Waals surface area contributed by atoms with Crippen molar-refractivity contribution in [3.63, 3.8) is 0 Å². The van der Waals surface area contributed by atoms with Crippen LogP contribution in [0.3, 0.4) is 0 Å². The van der Waals surface area contributed by atoms with Gasteiger partial charge in [0.05, 0.1) is 19.2 Å². The SMILES string of the molecule is CON1C(C)C1C. The lowest BCUT2D eigenvalue weighted by Crippen LogP contribution is -1.96. The van der Waals surface area contributed by atoms with Crippen molar-refractivity contribution in [1.29, 1.82) is 0 Å². The number of hydrogen-bond acceptors (Lipinski definition) is 2. The molecule has 0 aromatic rings. The molecule has 7 heavy (non-hydrogen) atoms. The molecule has 42 valence electrons. The van der Waals surface area contributed by atoms with Gasteiger partial charge in [-0.1, -0.05) is 0 Å². The van der Waals surface area contributed by atoms with E-state index in [4.69, 9.17) is 4.84 Å². The predicted octanol–water partition coefficient (Wildman–Crippen LogP) is 0.640. The van der Waals surface area contributed by atoms with Crippen molar-refractivity contribution in [2.24, 2.45) is 0 Å². The highest BCUT2D eigenvalue weighted by molar-refractivity contribution is 4.88. The van der Waals surface area contributed by atoms with Crippen LogP contribution in [0.1, 0.15) is 13.8 Å². The summed E-state index contributed by atoms with van der Waals surface area (Å²) in [6.07, 6.45) is 0. The first-order chi connectivity index (χ1) is 3.27. The van der Waals surface area contributed by atoms with Crippen LogP contribution >= 0.6 is 0 Å². The van der Waals surface area contributed by atoms with Gasteiger partial charge in [-0.2, -0.15) is 5.06 Å². The van der Waals surface area contributed by atoms with E-state index >= 15 is 0 Å². The van der Waals surface area contributed by atoms with Gasteiger partial charge in [-0.05, 0) is 13.8 Å². The van der Waals surface area contributed by atoms with Crippen molar-refractivity contribution in [2.75, 3.05) is 7.11 Å². The monoisotopic (exact) mass is 101 g/mol. The Morgan fingerprint density at radius 3 is 1.71 bits per heavy atom. The van der Waals surface area contributed by atoms with Crippen LogP contribution in [0.5, 0.6) is 0 Å². The fourth-order valence-electron chi connectivity index (χ4n) is 0.803. The molecule has 0 saturated carbocycles. The summed E-state index contributed by atoms with van der Waals surface area (Å²) in [5, 5.41) is 1.96. The molecule has 2 heteroatoms. The first-order valence-corrected chi connectivity index (χ1v) is 2.60. The van der Waals surface area contributed by atoms with Crippen molar-refractivity contribution < 1.29 is 4.84 Å². The fraction of sp³-hybridized carbons (Fsp3) is 1.00. The third-order valence-electron chi connectivity index (χ3n) is 1.62. The minimum absolute atomic E-state index is 0.644. The highest BCUT2D eigenvalue weighted by Gasteiger charge is 2.40. The summed E-state index contributed by atoms with van der Waals surface area (Å²) < 4.78 is 0. The zero-order valence-electron chi connectivity index (χ0n) is 5.01. The smallest absolute Gasteiger partial charge is 0.0575 e. The Balaban J connectivity index is 2.24. The second-order valence-electron chi connectivity index (χ2n) is 2.02. The van der Waals surface area contributed by atoms with Gasteiger partial charge in [-0.25, -0.2) is 0 Å². The van der Waals surface area contributed by atoms with E-state index in [-0.39, 0.29) is 0 Å². The third kappa shape index (κ3) is 0.640. The molecule has 2 atom stereocenters. The molecular weight excluding hydrogens is 90.1 g/mol. The molecule has 0 bridgehead atoms. The van der Waals surface area contributed by atoms with Gasteiger partial charge in [0.15, 0.2) is 0 Å². The van der Waals surface area contributed by atoms with Crippen LogP contribution in [0.4, 0.5) is 0 Å². The minimum Gasteiger partial charge on any atom is -0.302 e. The maximum atomic E-state index is 4.92. The van der Waals surface area contributed by atoms with Gasteiger partial charge in [-0.3, -0.25) is 0 Å². The van der Waals surface area contributed by atoms with E-state index in [0.717, 1.165) is 0 Å². The maximum absolute atomic E-state index is 4.92. The molecule has 2 unspecified atom stereocenters. The summed E-state index contributed by atoms with van der Waals surface area (Å²) in [6, 6.07) is 1.29. The van der Waals surface area contributed by atoms with Crippen molar-refractivity contribution >= 4 is 0 Å². The molecule has 0 spiro atoms. The highest BCUT2D eigenvalue weighted by atomic mass is 16.7.